The number of aliphatic hydroxyl groups excluding tert-OH is 1. The summed E-state index contributed by atoms with van der Waals surface area (Å²) in [7, 11) is 0. The fraction of sp³-hybridized carbons (Fsp3) is 0.385. The van der Waals surface area contributed by atoms with Gasteiger partial charge in [0.15, 0.2) is 0 Å². The summed E-state index contributed by atoms with van der Waals surface area (Å²) < 4.78 is 26.6. The van der Waals surface area contributed by atoms with Gasteiger partial charge in [-0.05, 0) is 6.07 Å². The number of amides is 2. The number of nitrogens with one attached hydrogen (secondary N) is 2. The first-order valence-corrected chi connectivity index (χ1v) is 6.03. The Morgan fingerprint density at radius 3 is 2.60 bits per heavy atom. The van der Waals surface area contributed by atoms with E-state index in [1.54, 1.807) is 0 Å². The summed E-state index contributed by atoms with van der Waals surface area (Å²) in [6, 6.07) is 2.03. The molecule has 0 spiro atoms. The van der Waals surface area contributed by atoms with Gasteiger partial charge in [-0.2, -0.15) is 0 Å². The van der Waals surface area contributed by atoms with E-state index in [-0.39, 0.29) is 25.1 Å². The van der Waals surface area contributed by atoms with Crippen molar-refractivity contribution < 1.29 is 23.5 Å². The third kappa shape index (κ3) is 4.93. The van der Waals surface area contributed by atoms with Gasteiger partial charge >= 0.3 is 0 Å². The third-order valence-corrected chi connectivity index (χ3v) is 2.54. The van der Waals surface area contributed by atoms with E-state index < -0.39 is 29.5 Å². The van der Waals surface area contributed by atoms with E-state index in [9.17, 15) is 18.4 Å². The van der Waals surface area contributed by atoms with Crippen molar-refractivity contribution in [3.63, 3.8) is 0 Å². The molecule has 0 saturated carbocycles. The van der Waals surface area contributed by atoms with Gasteiger partial charge in [0, 0.05) is 25.1 Å². The summed E-state index contributed by atoms with van der Waals surface area (Å²) in [5, 5.41) is 13.4. The van der Waals surface area contributed by atoms with E-state index in [0.717, 1.165) is 6.07 Å². The summed E-state index contributed by atoms with van der Waals surface area (Å²) >= 11 is 0. The normalized spacial score (nSPS) is 11.8. The highest BCUT2D eigenvalue weighted by atomic mass is 19.1. The zero-order valence-electron chi connectivity index (χ0n) is 11.0. The summed E-state index contributed by atoms with van der Waals surface area (Å²) in [6.07, 6.45) is -0.206. The molecule has 5 nitrogen and oxygen atoms in total. The number of hydrogen-bond acceptors (Lipinski definition) is 3. The maximum absolute atomic E-state index is 13.7. The molecule has 0 fully saturated rings. The van der Waals surface area contributed by atoms with Crippen molar-refractivity contribution in [1.82, 2.24) is 10.6 Å². The van der Waals surface area contributed by atoms with Crippen molar-refractivity contribution in [2.24, 2.45) is 0 Å². The van der Waals surface area contributed by atoms with Gasteiger partial charge < -0.3 is 15.7 Å². The lowest BCUT2D eigenvalue weighted by atomic mass is 10.0. The minimum absolute atomic E-state index is 0.0285. The molecule has 0 radical (unpaired) electrons. The van der Waals surface area contributed by atoms with Gasteiger partial charge in [-0.1, -0.05) is 6.07 Å². The van der Waals surface area contributed by atoms with Gasteiger partial charge in [-0.15, -0.1) is 0 Å². The Morgan fingerprint density at radius 1 is 1.35 bits per heavy atom. The Kier molecular flexibility index (Phi) is 6.05. The number of hydrogen-bond donors (Lipinski definition) is 3. The zero-order valence-corrected chi connectivity index (χ0v) is 11.0. The number of halogens is 2. The van der Waals surface area contributed by atoms with Gasteiger partial charge in [0.1, 0.15) is 11.6 Å². The van der Waals surface area contributed by atoms with Crippen LogP contribution in [-0.4, -0.2) is 30.1 Å². The number of carbonyl (C=O) groups excluding carboxylic acids is 2. The zero-order chi connectivity index (χ0) is 15.1. The molecule has 110 valence electrons. The van der Waals surface area contributed by atoms with E-state index in [1.165, 1.54) is 13.0 Å². The van der Waals surface area contributed by atoms with Crippen LogP contribution in [0.4, 0.5) is 8.78 Å². The average Bonchev–Trinajstić information content (AvgIpc) is 2.35. The molecule has 0 aromatic heterocycles. The van der Waals surface area contributed by atoms with Gasteiger partial charge in [0.05, 0.1) is 19.1 Å². The number of rotatable bonds is 6. The molecule has 1 aromatic carbocycles. The summed E-state index contributed by atoms with van der Waals surface area (Å²) in [6.45, 7) is 1.08. The van der Waals surface area contributed by atoms with Crippen molar-refractivity contribution in [3.05, 3.63) is 35.4 Å². The number of carbonyl (C=O) groups is 2. The van der Waals surface area contributed by atoms with Crippen LogP contribution in [0.2, 0.25) is 0 Å². The quantitative estimate of drug-likeness (QED) is 0.718. The second kappa shape index (κ2) is 7.54. The van der Waals surface area contributed by atoms with Crippen LogP contribution in [0.3, 0.4) is 0 Å². The predicted molar refractivity (Wildman–Crippen MR) is 67.6 cm³/mol. The second-order valence-electron chi connectivity index (χ2n) is 4.20. The molecule has 3 N–H and O–H groups in total. The molecule has 1 unspecified atom stereocenters. The van der Waals surface area contributed by atoms with Crippen LogP contribution in [-0.2, 0) is 9.59 Å². The van der Waals surface area contributed by atoms with E-state index >= 15 is 0 Å². The standard InChI is InChI=1S/C13H16F2N2O3/c1-8(19)17-12(7-13(20)16-4-5-18)10-3-2-9(14)6-11(10)15/h2-3,6,12,18H,4-5,7H2,1H3,(H,16,20)(H,17,19). The van der Waals surface area contributed by atoms with Crippen molar-refractivity contribution in [2.45, 2.75) is 19.4 Å². The van der Waals surface area contributed by atoms with Crippen molar-refractivity contribution in [2.75, 3.05) is 13.2 Å². The van der Waals surface area contributed by atoms with Gasteiger partial charge in [-0.25, -0.2) is 8.78 Å². The smallest absolute Gasteiger partial charge is 0.222 e. The van der Waals surface area contributed by atoms with Crippen molar-refractivity contribution in [3.8, 4) is 0 Å². The Labute approximate surface area is 115 Å². The lowest BCUT2D eigenvalue weighted by molar-refractivity contribution is -0.122. The van der Waals surface area contributed by atoms with E-state index in [0.29, 0.717) is 6.07 Å². The lowest BCUT2D eigenvalue weighted by Crippen LogP contribution is -2.34. The second-order valence-corrected chi connectivity index (χ2v) is 4.20. The molecule has 7 heteroatoms. The molecular formula is C13H16F2N2O3. The van der Waals surface area contributed by atoms with Gasteiger partial charge in [0.25, 0.3) is 0 Å². The molecule has 0 aliphatic rings. The Hall–Kier alpha value is -2.02. The highest BCUT2D eigenvalue weighted by Gasteiger charge is 2.20. The van der Waals surface area contributed by atoms with Gasteiger partial charge in [-0.3, -0.25) is 9.59 Å². The largest absolute Gasteiger partial charge is 0.395 e. The molecule has 0 bridgehead atoms. The van der Waals surface area contributed by atoms with Crippen LogP contribution in [0.5, 0.6) is 0 Å². The fourth-order valence-corrected chi connectivity index (χ4v) is 1.72. The first-order valence-electron chi connectivity index (χ1n) is 6.03. The van der Waals surface area contributed by atoms with Crippen LogP contribution >= 0.6 is 0 Å². The lowest BCUT2D eigenvalue weighted by Gasteiger charge is -2.18. The fourth-order valence-electron chi connectivity index (χ4n) is 1.72. The van der Waals surface area contributed by atoms with Gasteiger partial charge in [0.2, 0.25) is 11.8 Å². The van der Waals surface area contributed by atoms with Crippen LogP contribution in [0.25, 0.3) is 0 Å². The van der Waals surface area contributed by atoms with Crippen molar-refractivity contribution >= 4 is 11.8 Å². The van der Waals surface area contributed by atoms with Crippen LogP contribution in [0.1, 0.15) is 24.9 Å². The van der Waals surface area contributed by atoms with Crippen LogP contribution in [0.15, 0.2) is 18.2 Å². The topological polar surface area (TPSA) is 78.4 Å². The maximum atomic E-state index is 13.7. The summed E-state index contributed by atoms with van der Waals surface area (Å²) in [5.74, 6) is -2.47. The summed E-state index contributed by atoms with van der Waals surface area (Å²) in [5.41, 5.74) is 0.0285. The third-order valence-electron chi connectivity index (χ3n) is 2.54. The first-order chi connectivity index (χ1) is 9.43. The Bertz CT molecular complexity index is 495. The monoisotopic (exact) mass is 286 g/mol. The van der Waals surface area contributed by atoms with E-state index in [4.69, 9.17) is 5.11 Å². The maximum Gasteiger partial charge on any atom is 0.222 e. The molecule has 1 aromatic rings. The minimum Gasteiger partial charge on any atom is -0.395 e. The SMILES string of the molecule is CC(=O)NC(CC(=O)NCCO)c1ccc(F)cc1F. The van der Waals surface area contributed by atoms with Crippen LogP contribution in [0, 0.1) is 11.6 Å². The van der Waals surface area contributed by atoms with E-state index in [2.05, 4.69) is 10.6 Å². The minimum atomic E-state index is -0.896. The molecule has 1 atom stereocenters. The molecule has 1 rings (SSSR count). The molecule has 0 aliphatic carbocycles. The summed E-state index contributed by atoms with van der Waals surface area (Å²) in [4.78, 5) is 22.7. The number of benzene rings is 1. The molecule has 20 heavy (non-hydrogen) atoms. The first kappa shape index (κ1) is 16.0. The highest BCUT2D eigenvalue weighted by molar-refractivity contribution is 5.79. The molecule has 0 heterocycles. The highest BCUT2D eigenvalue weighted by Crippen LogP contribution is 2.21. The van der Waals surface area contributed by atoms with Crippen LogP contribution < -0.4 is 10.6 Å². The number of aliphatic hydroxyl groups is 1. The molecule has 0 aliphatic heterocycles. The Morgan fingerprint density at radius 2 is 2.05 bits per heavy atom. The molecular weight excluding hydrogens is 270 g/mol. The Balaban J connectivity index is 2.88. The molecule has 0 saturated heterocycles. The molecule has 2 amide bonds. The predicted octanol–water partition coefficient (Wildman–Crippen LogP) is 0.641. The van der Waals surface area contributed by atoms with E-state index in [1.807, 2.05) is 0 Å². The average molecular weight is 286 g/mol. The van der Waals surface area contributed by atoms with Crippen molar-refractivity contribution in [1.29, 1.82) is 0 Å².